The summed E-state index contributed by atoms with van der Waals surface area (Å²) in [5.74, 6) is -4.04. The van der Waals surface area contributed by atoms with Crippen LogP contribution in [0.4, 0.5) is 0 Å². The van der Waals surface area contributed by atoms with Crippen LogP contribution in [0, 0.1) is 13.8 Å². The van der Waals surface area contributed by atoms with Crippen LogP contribution in [0.3, 0.4) is 0 Å². The third-order valence-corrected chi connectivity index (χ3v) is 10.8. The van der Waals surface area contributed by atoms with Gasteiger partial charge in [0.1, 0.15) is 13.2 Å². The fraction of sp³-hybridized carbons (Fsp3) is 0.621. The van der Waals surface area contributed by atoms with Crippen LogP contribution in [0.2, 0.25) is 0 Å². The van der Waals surface area contributed by atoms with E-state index in [0.717, 1.165) is 38.5 Å². The van der Waals surface area contributed by atoms with Crippen molar-refractivity contribution >= 4 is 47.8 Å². The maximum Gasteiger partial charge on any atom is 2.00 e. The number of carbonyl (C=O) groups is 4. The molecule has 0 saturated carbocycles. The van der Waals surface area contributed by atoms with Gasteiger partial charge in [0.05, 0.1) is 23.1 Å². The van der Waals surface area contributed by atoms with Gasteiger partial charge < -0.3 is 29.3 Å². The molecule has 0 aliphatic heterocycles. The minimum absolute atomic E-state index is 0. The molecule has 0 amide bonds. The van der Waals surface area contributed by atoms with Crippen LogP contribution in [0.1, 0.15) is 262 Å². The number of allylic oxidation sites excluding steroid dienone is 2. The van der Waals surface area contributed by atoms with Crippen LogP contribution < -0.4 is 10.2 Å². The second-order valence-electron chi connectivity index (χ2n) is 16.9. The molecule has 4 radical (unpaired) electrons. The Morgan fingerprint density at radius 3 is 0.925 bits per heavy atom. The SMILES string of the molecule is CCCCCCCCCC/C=C/COC(=O)c1ccccc1C(=O)[O-].CCCCCCCCCC/C=C/COC(=O)c1ccccc1C(=O)[O-].[CH2]CCCCCCC.[CH2]CCCCCCC.[Sn+2]. The Hall–Kier alpha value is -3.40. The molecule has 2 aromatic rings. The summed E-state index contributed by atoms with van der Waals surface area (Å²) in [4.78, 5) is 45.7. The van der Waals surface area contributed by atoms with Gasteiger partial charge in [0, 0.05) is 11.1 Å². The van der Waals surface area contributed by atoms with E-state index in [0.29, 0.717) is 0 Å². The predicted octanol–water partition coefficient (Wildman–Crippen LogP) is 14.6. The summed E-state index contributed by atoms with van der Waals surface area (Å²) in [6.45, 7) is 16.8. The number of carbonyl (C=O) groups excluding carboxylic acids is 4. The third-order valence-electron chi connectivity index (χ3n) is 10.8. The molecule has 2 aromatic carbocycles. The summed E-state index contributed by atoms with van der Waals surface area (Å²) < 4.78 is 10.2. The monoisotopic (exact) mass is 1040 g/mol. The van der Waals surface area contributed by atoms with E-state index >= 15 is 0 Å². The van der Waals surface area contributed by atoms with Gasteiger partial charge in [0.2, 0.25) is 0 Å². The van der Waals surface area contributed by atoms with E-state index in [1.54, 1.807) is 36.4 Å². The first-order valence-electron chi connectivity index (χ1n) is 26.0. The van der Waals surface area contributed by atoms with Gasteiger partial charge in [-0.25, -0.2) is 9.59 Å². The van der Waals surface area contributed by atoms with Crippen molar-refractivity contribution in [2.75, 3.05) is 13.2 Å². The van der Waals surface area contributed by atoms with Gasteiger partial charge in [-0.1, -0.05) is 269 Å². The van der Waals surface area contributed by atoms with Crippen molar-refractivity contribution < 1.29 is 38.9 Å². The van der Waals surface area contributed by atoms with Crippen molar-refractivity contribution in [3.05, 3.63) is 109 Å². The van der Waals surface area contributed by atoms with Gasteiger partial charge in [-0.2, -0.15) is 0 Å². The van der Waals surface area contributed by atoms with E-state index in [9.17, 15) is 29.4 Å². The number of ether oxygens (including phenoxy) is 2. The molecular weight excluding hydrogens is 943 g/mol. The summed E-state index contributed by atoms with van der Waals surface area (Å²) >= 11 is 0. The molecule has 2 rings (SSSR count). The molecule has 0 aliphatic rings. The van der Waals surface area contributed by atoms with E-state index in [1.807, 2.05) is 12.2 Å². The van der Waals surface area contributed by atoms with Gasteiger partial charge >= 0.3 is 35.8 Å². The van der Waals surface area contributed by atoms with Gasteiger partial charge in [0.25, 0.3) is 0 Å². The molecule has 0 spiro atoms. The quantitative estimate of drug-likeness (QED) is 0.0285. The maximum atomic E-state index is 11.9. The number of hydrogen-bond donors (Lipinski definition) is 0. The Kier molecular flexibility index (Phi) is 54.2. The zero-order valence-corrected chi connectivity index (χ0v) is 45.6. The van der Waals surface area contributed by atoms with Crippen LogP contribution in [0.5, 0.6) is 0 Å². The first kappa shape index (κ1) is 67.9. The number of aromatic carboxylic acids is 2. The smallest absolute Gasteiger partial charge is 0.545 e. The first-order chi connectivity index (χ1) is 32.2. The molecule has 67 heavy (non-hydrogen) atoms. The average Bonchev–Trinajstić information content (AvgIpc) is 3.33. The molecule has 9 heteroatoms. The minimum atomic E-state index is -1.38. The Bertz CT molecular complexity index is 1380. The Labute approximate surface area is 426 Å². The molecule has 0 N–H and O–H groups in total. The van der Waals surface area contributed by atoms with Crippen LogP contribution in [-0.2, 0) is 9.47 Å². The van der Waals surface area contributed by atoms with E-state index < -0.39 is 23.9 Å². The van der Waals surface area contributed by atoms with Crippen molar-refractivity contribution in [1.29, 1.82) is 0 Å². The molecule has 376 valence electrons. The summed E-state index contributed by atoms with van der Waals surface area (Å²) in [6.07, 6.45) is 46.1. The number of rotatable bonds is 36. The Morgan fingerprint density at radius 2 is 0.657 bits per heavy atom. The number of benzene rings is 2. The molecule has 0 saturated heterocycles. The minimum Gasteiger partial charge on any atom is -0.545 e. The molecule has 8 nitrogen and oxygen atoms in total. The number of carboxylic acid groups (broad SMARTS) is 2. The fourth-order valence-electron chi connectivity index (χ4n) is 6.81. The molecule has 0 bridgehead atoms. The van der Waals surface area contributed by atoms with E-state index in [2.05, 4.69) is 41.5 Å². The van der Waals surface area contributed by atoms with Crippen LogP contribution in [0.25, 0.3) is 0 Å². The third kappa shape index (κ3) is 43.6. The van der Waals surface area contributed by atoms with E-state index in [4.69, 9.17) is 9.47 Å². The van der Waals surface area contributed by atoms with E-state index in [1.165, 1.54) is 178 Å². The maximum absolute atomic E-state index is 11.9. The number of esters is 2. The summed E-state index contributed by atoms with van der Waals surface area (Å²) in [5.41, 5.74) is -0.233. The molecule has 0 aliphatic carbocycles. The van der Waals surface area contributed by atoms with Crippen molar-refractivity contribution in [1.82, 2.24) is 0 Å². The molecule has 0 aromatic heterocycles. The van der Waals surface area contributed by atoms with Crippen LogP contribution in [0.15, 0.2) is 72.8 Å². The largest absolute Gasteiger partial charge is 2.00 e. The standard InChI is InChI=1S/2C21H30O4.2C8H17.Sn/c2*1-2-3-4-5-6-7-8-9-10-11-14-17-25-21(24)19-16-13-12-15-18(19)20(22)23;2*1-3-5-7-8-6-4-2;/h2*11-16H,2-10,17H2,1H3,(H,22,23);2*1,3-8H2,2H3;/q;;;;+2/p-2/b2*14-11+;;;. The van der Waals surface area contributed by atoms with Gasteiger partial charge in [-0.05, 0) is 37.8 Å². The first-order valence-corrected chi connectivity index (χ1v) is 26.0. The van der Waals surface area contributed by atoms with Gasteiger partial charge in [-0.15, -0.1) is 0 Å². The van der Waals surface area contributed by atoms with Crippen molar-refractivity contribution in [2.45, 2.75) is 220 Å². The zero-order chi connectivity index (χ0) is 49.1. The van der Waals surface area contributed by atoms with E-state index in [-0.39, 0.29) is 59.4 Å². The zero-order valence-electron chi connectivity index (χ0n) is 42.7. The second kappa shape index (κ2) is 53.6. The molecular formula is C58H92O8Sn. The number of carboxylic acids is 2. The number of hydrogen-bond acceptors (Lipinski definition) is 8. The van der Waals surface area contributed by atoms with Crippen molar-refractivity contribution in [3.63, 3.8) is 0 Å². The average molecular weight is 1040 g/mol. The van der Waals surface area contributed by atoms with Gasteiger partial charge in [-0.3, -0.25) is 0 Å². The number of unbranched alkanes of at least 4 members (excludes halogenated alkanes) is 26. The molecule has 0 atom stereocenters. The molecule has 0 heterocycles. The van der Waals surface area contributed by atoms with Crippen LogP contribution in [-0.4, -0.2) is 61.0 Å². The predicted molar refractivity (Wildman–Crippen MR) is 278 cm³/mol. The van der Waals surface area contributed by atoms with Crippen molar-refractivity contribution in [2.24, 2.45) is 0 Å². The van der Waals surface area contributed by atoms with Crippen LogP contribution >= 0.6 is 0 Å². The Balaban J connectivity index is -0.000000914. The summed E-state index contributed by atoms with van der Waals surface area (Å²) in [7, 11) is 0. The summed E-state index contributed by atoms with van der Waals surface area (Å²) in [5, 5.41) is 21.9. The summed E-state index contributed by atoms with van der Waals surface area (Å²) in [6, 6.07) is 11.8. The Morgan fingerprint density at radius 1 is 0.403 bits per heavy atom. The van der Waals surface area contributed by atoms with Gasteiger partial charge in [0.15, 0.2) is 0 Å². The topological polar surface area (TPSA) is 133 Å². The fourth-order valence-corrected chi connectivity index (χ4v) is 6.81. The molecule has 0 fully saturated rings. The second-order valence-corrected chi connectivity index (χ2v) is 16.9. The normalized spacial score (nSPS) is 10.5. The van der Waals surface area contributed by atoms with Crippen molar-refractivity contribution in [3.8, 4) is 0 Å². The molecule has 0 unspecified atom stereocenters.